The van der Waals surface area contributed by atoms with Crippen molar-refractivity contribution in [3.8, 4) is 0 Å². The maximum Gasteiger partial charge on any atom is 0.307 e. The van der Waals surface area contributed by atoms with Gasteiger partial charge in [-0.1, -0.05) is 34.6 Å². The second kappa shape index (κ2) is 5.67. The second-order valence-corrected chi connectivity index (χ2v) is 8.02. The van der Waals surface area contributed by atoms with Crippen molar-refractivity contribution in [2.45, 2.75) is 72.4 Å². The van der Waals surface area contributed by atoms with Gasteiger partial charge in [-0.05, 0) is 48.9 Å². The van der Waals surface area contributed by atoms with Crippen LogP contribution in [0.2, 0.25) is 0 Å². The fourth-order valence-corrected chi connectivity index (χ4v) is 4.12. The van der Waals surface area contributed by atoms with Gasteiger partial charge in [0.25, 0.3) is 0 Å². The Morgan fingerprint density at radius 2 is 1.85 bits per heavy atom. The summed E-state index contributed by atoms with van der Waals surface area (Å²) in [5.74, 6) is 1.27. The number of carboxylic acids is 1. The van der Waals surface area contributed by atoms with Crippen LogP contribution in [0.4, 0.5) is 0 Å². The summed E-state index contributed by atoms with van der Waals surface area (Å²) in [7, 11) is 0. The summed E-state index contributed by atoms with van der Waals surface area (Å²) < 4.78 is 0. The molecule has 2 fully saturated rings. The van der Waals surface area contributed by atoms with Crippen molar-refractivity contribution in [2.75, 3.05) is 0 Å². The first-order chi connectivity index (χ1) is 9.23. The fraction of sp³-hybridized carbons (Fsp3) is 0.941. The molecular formula is C17H31NO2. The molecule has 116 valence electrons. The van der Waals surface area contributed by atoms with Crippen LogP contribution < -0.4 is 5.32 Å². The molecule has 0 aromatic rings. The molecule has 3 nitrogen and oxygen atoms in total. The van der Waals surface area contributed by atoms with Crippen LogP contribution in [-0.4, -0.2) is 23.2 Å². The van der Waals surface area contributed by atoms with Gasteiger partial charge in [-0.2, -0.15) is 0 Å². The lowest BCUT2D eigenvalue weighted by Crippen LogP contribution is -2.56. The molecule has 0 aromatic heterocycles. The van der Waals surface area contributed by atoms with Crippen LogP contribution in [-0.2, 0) is 4.79 Å². The molecule has 2 N–H and O–H groups in total. The maximum absolute atomic E-state index is 11.4. The van der Waals surface area contributed by atoms with Gasteiger partial charge in [0, 0.05) is 12.1 Å². The van der Waals surface area contributed by atoms with Gasteiger partial charge in [0.05, 0.1) is 5.92 Å². The third-order valence-corrected chi connectivity index (χ3v) is 6.31. The predicted octanol–water partition coefficient (Wildman–Crippen LogP) is 3.54. The number of hydrogen-bond donors (Lipinski definition) is 2. The highest BCUT2D eigenvalue weighted by atomic mass is 16.4. The summed E-state index contributed by atoms with van der Waals surface area (Å²) >= 11 is 0. The summed E-state index contributed by atoms with van der Waals surface area (Å²) in [5.41, 5.74) is -0.122. The SMILES string of the molecule is CC(C)C1CC(NC2CCC(C(=O)O)C(C)(C)C2C)C1. The van der Waals surface area contributed by atoms with E-state index in [4.69, 9.17) is 0 Å². The summed E-state index contributed by atoms with van der Waals surface area (Å²) in [6, 6.07) is 1.14. The molecular weight excluding hydrogens is 250 g/mol. The van der Waals surface area contributed by atoms with Crippen molar-refractivity contribution in [1.29, 1.82) is 0 Å². The van der Waals surface area contributed by atoms with Crippen LogP contribution in [0.1, 0.15) is 60.3 Å². The minimum atomic E-state index is -0.621. The molecule has 2 saturated carbocycles. The molecule has 0 radical (unpaired) electrons. The largest absolute Gasteiger partial charge is 0.481 e. The highest BCUT2D eigenvalue weighted by Crippen LogP contribution is 2.46. The molecule has 2 aliphatic rings. The zero-order valence-corrected chi connectivity index (χ0v) is 13.6. The molecule has 0 amide bonds. The van der Waals surface area contributed by atoms with Gasteiger partial charge in [-0.25, -0.2) is 0 Å². The van der Waals surface area contributed by atoms with Gasteiger partial charge in [-0.3, -0.25) is 4.79 Å². The van der Waals surface area contributed by atoms with Crippen molar-refractivity contribution >= 4 is 5.97 Å². The van der Waals surface area contributed by atoms with E-state index in [0.717, 1.165) is 24.7 Å². The summed E-state index contributed by atoms with van der Waals surface area (Å²) in [4.78, 5) is 11.4. The van der Waals surface area contributed by atoms with Crippen molar-refractivity contribution in [1.82, 2.24) is 5.32 Å². The zero-order valence-electron chi connectivity index (χ0n) is 13.6. The molecule has 2 aliphatic carbocycles. The lowest BCUT2D eigenvalue weighted by molar-refractivity contribution is -0.150. The molecule has 0 spiro atoms. The Bertz CT molecular complexity index is 358. The normalized spacial score (nSPS) is 40.4. The Balaban J connectivity index is 1.91. The van der Waals surface area contributed by atoms with Crippen LogP contribution >= 0.6 is 0 Å². The van der Waals surface area contributed by atoms with Crippen molar-refractivity contribution < 1.29 is 9.90 Å². The van der Waals surface area contributed by atoms with Crippen LogP contribution in [0, 0.1) is 29.1 Å². The number of aliphatic carboxylic acids is 1. The van der Waals surface area contributed by atoms with E-state index in [-0.39, 0.29) is 11.3 Å². The monoisotopic (exact) mass is 281 g/mol. The van der Waals surface area contributed by atoms with E-state index in [2.05, 4.69) is 39.9 Å². The number of rotatable bonds is 4. The lowest BCUT2D eigenvalue weighted by Gasteiger charge is -2.49. The van der Waals surface area contributed by atoms with Gasteiger partial charge in [0.15, 0.2) is 0 Å². The lowest BCUT2D eigenvalue weighted by atomic mass is 9.60. The topological polar surface area (TPSA) is 49.3 Å². The standard InChI is InChI=1S/C17H31NO2/c1-10(2)12-8-13(9-12)18-15-7-6-14(16(19)20)17(4,5)11(15)3/h10-15,18H,6-9H2,1-5H3,(H,19,20). The van der Waals surface area contributed by atoms with E-state index >= 15 is 0 Å². The quantitative estimate of drug-likeness (QED) is 0.828. The average Bonchev–Trinajstić information content (AvgIpc) is 2.27. The van der Waals surface area contributed by atoms with E-state index in [9.17, 15) is 9.90 Å². The highest BCUT2D eigenvalue weighted by molar-refractivity contribution is 5.71. The van der Waals surface area contributed by atoms with E-state index in [0.29, 0.717) is 18.0 Å². The van der Waals surface area contributed by atoms with Gasteiger partial charge >= 0.3 is 5.97 Å². The molecule has 3 atom stereocenters. The molecule has 0 saturated heterocycles. The number of carbonyl (C=O) groups is 1. The Morgan fingerprint density at radius 3 is 2.35 bits per heavy atom. The maximum atomic E-state index is 11.4. The zero-order chi connectivity index (χ0) is 15.1. The van der Waals surface area contributed by atoms with E-state index in [1.54, 1.807) is 0 Å². The average molecular weight is 281 g/mol. The Hall–Kier alpha value is -0.570. The number of nitrogens with one attached hydrogen (secondary N) is 1. The van der Waals surface area contributed by atoms with Crippen LogP contribution in [0.25, 0.3) is 0 Å². The number of carboxylic acid groups (broad SMARTS) is 1. The van der Waals surface area contributed by atoms with Crippen molar-refractivity contribution in [3.63, 3.8) is 0 Å². The highest BCUT2D eigenvalue weighted by Gasteiger charge is 2.47. The first-order valence-electron chi connectivity index (χ1n) is 8.22. The summed E-state index contributed by atoms with van der Waals surface area (Å²) in [5, 5.41) is 13.2. The van der Waals surface area contributed by atoms with E-state index in [1.807, 2.05) is 0 Å². The molecule has 0 aromatic carbocycles. The molecule has 3 unspecified atom stereocenters. The molecule has 20 heavy (non-hydrogen) atoms. The van der Waals surface area contributed by atoms with Gasteiger partial charge in [-0.15, -0.1) is 0 Å². The molecule has 2 rings (SSSR count). The van der Waals surface area contributed by atoms with Crippen molar-refractivity contribution in [2.24, 2.45) is 29.1 Å². The Labute approximate surface area is 123 Å². The second-order valence-electron chi connectivity index (χ2n) is 8.02. The molecule has 0 aliphatic heterocycles. The third-order valence-electron chi connectivity index (χ3n) is 6.31. The van der Waals surface area contributed by atoms with Crippen LogP contribution in [0.15, 0.2) is 0 Å². The molecule has 0 heterocycles. The summed E-state index contributed by atoms with van der Waals surface area (Å²) in [6.45, 7) is 11.1. The Morgan fingerprint density at radius 1 is 1.25 bits per heavy atom. The number of hydrogen-bond acceptors (Lipinski definition) is 2. The predicted molar refractivity (Wildman–Crippen MR) is 81.6 cm³/mol. The Kier molecular flexibility index (Phi) is 4.48. The van der Waals surface area contributed by atoms with Crippen LogP contribution in [0.3, 0.4) is 0 Å². The van der Waals surface area contributed by atoms with E-state index < -0.39 is 5.97 Å². The van der Waals surface area contributed by atoms with Gasteiger partial charge in [0.1, 0.15) is 0 Å². The summed E-state index contributed by atoms with van der Waals surface area (Å²) in [6.07, 6.45) is 4.41. The molecule has 0 bridgehead atoms. The van der Waals surface area contributed by atoms with Gasteiger partial charge < -0.3 is 10.4 Å². The molecule has 3 heteroatoms. The first-order valence-corrected chi connectivity index (χ1v) is 8.22. The van der Waals surface area contributed by atoms with Crippen LogP contribution in [0.5, 0.6) is 0 Å². The smallest absolute Gasteiger partial charge is 0.307 e. The third kappa shape index (κ3) is 2.88. The first kappa shape index (κ1) is 15.8. The van der Waals surface area contributed by atoms with Crippen molar-refractivity contribution in [3.05, 3.63) is 0 Å². The minimum Gasteiger partial charge on any atom is -0.481 e. The minimum absolute atomic E-state index is 0.122. The van der Waals surface area contributed by atoms with E-state index in [1.165, 1.54) is 12.8 Å². The fourth-order valence-electron chi connectivity index (χ4n) is 4.12. The van der Waals surface area contributed by atoms with Gasteiger partial charge in [0.2, 0.25) is 0 Å².